The Hall–Kier alpha value is -1.79. The molecule has 0 N–H and O–H groups in total. The summed E-state index contributed by atoms with van der Waals surface area (Å²) in [5.41, 5.74) is 0. The van der Waals surface area contributed by atoms with E-state index < -0.39 is 41.1 Å². The van der Waals surface area contributed by atoms with Gasteiger partial charge in [-0.3, -0.25) is 0 Å². The molecule has 1 atom stereocenters. The number of carbonyl (C=O) groups excluding carboxylic acids is 1. The molecule has 0 aromatic heterocycles. The predicted molar refractivity (Wildman–Crippen MR) is 48.4 cm³/mol. The lowest BCUT2D eigenvalue weighted by atomic mass is 10.3. The molecule has 0 unspecified atom stereocenters. The lowest BCUT2D eigenvalue weighted by molar-refractivity contribution is -0.148. The Balaban J connectivity index is 3.10. The number of rotatable bonds is 3. The number of benzene rings is 1. The quantitative estimate of drug-likeness (QED) is 0.470. The maximum atomic E-state index is 13.1. The van der Waals surface area contributed by atoms with Gasteiger partial charge < -0.3 is 9.47 Å². The Kier molecular flexibility index (Phi) is 3.93. The summed E-state index contributed by atoms with van der Waals surface area (Å²) < 4.78 is 60.5. The number of halogens is 4. The van der Waals surface area contributed by atoms with Crippen molar-refractivity contribution in [3.63, 3.8) is 0 Å². The van der Waals surface area contributed by atoms with Crippen molar-refractivity contribution in [3.05, 3.63) is 29.3 Å². The molecule has 0 fully saturated rings. The van der Waals surface area contributed by atoms with Gasteiger partial charge in [0.15, 0.2) is 23.5 Å². The highest BCUT2D eigenvalue weighted by atomic mass is 19.2. The molecular weight excluding hydrogens is 244 g/mol. The molecule has 0 bridgehead atoms. The van der Waals surface area contributed by atoms with Crippen LogP contribution in [-0.2, 0) is 9.53 Å². The van der Waals surface area contributed by atoms with Crippen molar-refractivity contribution in [1.29, 1.82) is 0 Å². The van der Waals surface area contributed by atoms with E-state index in [0.717, 1.165) is 14.0 Å². The second-order valence-electron chi connectivity index (χ2n) is 3.08. The van der Waals surface area contributed by atoms with Crippen LogP contribution in [0.15, 0.2) is 6.07 Å². The van der Waals surface area contributed by atoms with Gasteiger partial charge >= 0.3 is 5.97 Å². The molecule has 0 aliphatic rings. The van der Waals surface area contributed by atoms with Gasteiger partial charge in [-0.15, -0.1) is 0 Å². The van der Waals surface area contributed by atoms with Gasteiger partial charge in [-0.25, -0.2) is 13.6 Å². The summed E-state index contributed by atoms with van der Waals surface area (Å²) in [5, 5.41) is 0. The molecule has 0 saturated carbocycles. The Bertz CT molecular complexity index is 421. The van der Waals surface area contributed by atoms with E-state index in [2.05, 4.69) is 9.47 Å². The van der Waals surface area contributed by atoms with Gasteiger partial charge in [0.25, 0.3) is 0 Å². The second-order valence-corrected chi connectivity index (χ2v) is 3.08. The van der Waals surface area contributed by atoms with Crippen LogP contribution in [0.2, 0.25) is 0 Å². The third-order valence-electron chi connectivity index (χ3n) is 1.90. The van der Waals surface area contributed by atoms with Crippen LogP contribution < -0.4 is 4.74 Å². The molecule has 0 aliphatic heterocycles. The van der Waals surface area contributed by atoms with E-state index in [9.17, 15) is 22.4 Å². The minimum absolute atomic E-state index is 0.0420. The van der Waals surface area contributed by atoms with Crippen LogP contribution in [-0.4, -0.2) is 19.2 Å². The van der Waals surface area contributed by atoms with Crippen LogP contribution in [0.1, 0.15) is 6.92 Å². The second kappa shape index (κ2) is 5.03. The molecule has 0 aliphatic carbocycles. The van der Waals surface area contributed by atoms with E-state index >= 15 is 0 Å². The first kappa shape index (κ1) is 13.3. The number of carbonyl (C=O) groups is 1. The predicted octanol–water partition coefficient (Wildman–Crippen LogP) is 2.18. The first-order valence-corrected chi connectivity index (χ1v) is 4.46. The summed E-state index contributed by atoms with van der Waals surface area (Å²) in [7, 11) is 1.03. The van der Waals surface area contributed by atoms with Crippen LogP contribution in [0.5, 0.6) is 5.75 Å². The largest absolute Gasteiger partial charge is 0.473 e. The van der Waals surface area contributed by atoms with E-state index in [1.54, 1.807) is 0 Å². The van der Waals surface area contributed by atoms with Crippen molar-refractivity contribution in [2.45, 2.75) is 13.0 Å². The van der Waals surface area contributed by atoms with Gasteiger partial charge in [-0.2, -0.15) is 8.78 Å². The van der Waals surface area contributed by atoms with Gasteiger partial charge in [0, 0.05) is 6.07 Å². The van der Waals surface area contributed by atoms with Crippen molar-refractivity contribution in [2.24, 2.45) is 0 Å². The maximum Gasteiger partial charge on any atom is 0.346 e. The van der Waals surface area contributed by atoms with E-state index in [-0.39, 0.29) is 6.07 Å². The summed E-state index contributed by atoms with van der Waals surface area (Å²) in [6.45, 7) is 1.12. The highest BCUT2D eigenvalue weighted by Gasteiger charge is 2.25. The molecule has 0 spiro atoms. The van der Waals surface area contributed by atoms with Crippen molar-refractivity contribution < 1.29 is 31.8 Å². The Morgan fingerprint density at radius 2 is 1.65 bits per heavy atom. The number of hydrogen-bond donors (Lipinski definition) is 0. The first-order chi connectivity index (χ1) is 7.88. The number of hydrogen-bond acceptors (Lipinski definition) is 3. The van der Waals surface area contributed by atoms with Crippen molar-refractivity contribution >= 4 is 5.97 Å². The Labute approximate surface area is 93.9 Å². The average molecular weight is 252 g/mol. The SMILES string of the molecule is COC(=O)[C@@H](C)Oc1c(F)c(F)cc(F)c1F. The third kappa shape index (κ3) is 2.66. The summed E-state index contributed by atoms with van der Waals surface area (Å²) in [6.07, 6.45) is -1.40. The molecule has 17 heavy (non-hydrogen) atoms. The summed E-state index contributed by atoms with van der Waals surface area (Å²) in [4.78, 5) is 10.9. The summed E-state index contributed by atoms with van der Waals surface area (Å²) in [6, 6.07) is 0.0420. The van der Waals surface area contributed by atoms with Crippen molar-refractivity contribution in [3.8, 4) is 5.75 Å². The Morgan fingerprint density at radius 1 is 1.18 bits per heavy atom. The fraction of sp³-hybridized carbons (Fsp3) is 0.300. The van der Waals surface area contributed by atoms with Crippen LogP contribution in [0.3, 0.4) is 0 Å². The molecule has 7 heteroatoms. The smallest absolute Gasteiger partial charge is 0.346 e. The summed E-state index contributed by atoms with van der Waals surface area (Å²) >= 11 is 0. The zero-order chi connectivity index (χ0) is 13.2. The highest BCUT2D eigenvalue weighted by Crippen LogP contribution is 2.27. The van der Waals surface area contributed by atoms with Gasteiger partial charge in [0.2, 0.25) is 11.6 Å². The average Bonchev–Trinajstić information content (AvgIpc) is 2.30. The van der Waals surface area contributed by atoms with Gasteiger partial charge in [-0.05, 0) is 6.92 Å². The fourth-order valence-corrected chi connectivity index (χ4v) is 1.05. The molecule has 0 heterocycles. The normalized spacial score (nSPS) is 12.1. The lowest BCUT2D eigenvalue weighted by Gasteiger charge is -2.14. The molecule has 0 amide bonds. The van der Waals surface area contributed by atoms with Gasteiger partial charge in [0.1, 0.15) is 0 Å². The highest BCUT2D eigenvalue weighted by molar-refractivity contribution is 5.74. The van der Waals surface area contributed by atoms with E-state index in [1.165, 1.54) is 0 Å². The summed E-state index contributed by atoms with van der Waals surface area (Å²) in [5.74, 6) is -8.87. The van der Waals surface area contributed by atoms with Crippen LogP contribution in [0.4, 0.5) is 17.6 Å². The molecule has 0 saturated heterocycles. The lowest BCUT2D eigenvalue weighted by Crippen LogP contribution is -2.26. The molecule has 1 rings (SSSR count). The molecule has 1 aromatic rings. The van der Waals surface area contributed by atoms with Gasteiger partial charge in [0.05, 0.1) is 7.11 Å². The van der Waals surface area contributed by atoms with Crippen LogP contribution in [0.25, 0.3) is 0 Å². The zero-order valence-electron chi connectivity index (χ0n) is 8.89. The molecule has 3 nitrogen and oxygen atoms in total. The van der Waals surface area contributed by atoms with Crippen LogP contribution in [0, 0.1) is 23.3 Å². The minimum atomic E-state index is -1.71. The van der Waals surface area contributed by atoms with Crippen molar-refractivity contribution in [1.82, 2.24) is 0 Å². The number of esters is 1. The fourth-order valence-electron chi connectivity index (χ4n) is 1.05. The first-order valence-electron chi connectivity index (χ1n) is 4.46. The molecule has 0 radical (unpaired) electrons. The minimum Gasteiger partial charge on any atom is -0.473 e. The topological polar surface area (TPSA) is 35.5 Å². The molecule has 1 aromatic carbocycles. The number of methoxy groups -OCH3 is 1. The van der Waals surface area contributed by atoms with E-state index in [1.807, 2.05) is 0 Å². The maximum absolute atomic E-state index is 13.1. The molecule has 94 valence electrons. The van der Waals surface area contributed by atoms with Crippen LogP contribution >= 0.6 is 0 Å². The van der Waals surface area contributed by atoms with E-state index in [0.29, 0.717) is 0 Å². The number of ether oxygens (including phenoxy) is 2. The molecular formula is C10H8F4O3. The van der Waals surface area contributed by atoms with Gasteiger partial charge in [-0.1, -0.05) is 0 Å². The zero-order valence-corrected chi connectivity index (χ0v) is 8.89. The van der Waals surface area contributed by atoms with E-state index in [4.69, 9.17) is 0 Å². The third-order valence-corrected chi connectivity index (χ3v) is 1.90. The monoisotopic (exact) mass is 252 g/mol. The standard InChI is InChI=1S/C10H8F4O3/c1-4(10(15)16-2)17-9-7(13)5(11)3-6(12)8(9)14/h3-4H,1-2H3/t4-/m1/s1. The Morgan fingerprint density at radius 3 is 2.06 bits per heavy atom. The van der Waals surface area contributed by atoms with Crippen molar-refractivity contribution in [2.75, 3.05) is 7.11 Å².